The van der Waals surface area contributed by atoms with E-state index in [9.17, 15) is 15.3 Å². The first-order valence-corrected chi connectivity index (χ1v) is 9.10. The fourth-order valence-corrected chi connectivity index (χ4v) is 6.66. The lowest BCUT2D eigenvalue weighted by Crippen LogP contribution is -2.53. The Morgan fingerprint density at radius 1 is 1.00 bits per heavy atom. The lowest BCUT2D eigenvalue weighted by molar-refractivity contribution is -0.0953. The summed E-state index contributed by atoms with van der Waals surface area (Å²) in [4.78, 5) is 0. The number of aliphatic hydroxyl groups is 3. The molecule has 0 aromatic rings. The standard InChI is InChI=1S/C19H30O3/c1-18-8-7-14-12(13(18)5-6-17(18)22)4-3-11-9-15(20)16(21)10-19(11,14)2/h3,12-17,20-22H,4-10H2,1-2H3/t12?,13?,14?,15-,16-,17+,18+,19+/m1/s1. The Labute approximate surface area is 133 Å². The number of allylic oxidation sites excluding steroid dienone is 1. The molecule has 4 rings (SSSR count). The molecule has 0 amide bonds. The summed E-state index contributed by atoms with van der Waals surface area (Å²) in [5, 5.41) is 30.7. The monoisotopic (exact) mass is 306 g/mol. The normalized spacial score (nSPS) is 57.6. The van der Waals surface area contributed by atoms with Gasteiger partial charge >= 0.3 is 0 Å². The maximum atomic E-state index is 10.5. The van der Waals surface area contributed by atoms with Gasteiger partial charge in [-0.3, -0.25) is 0 Å². The minimum atomic E-state index is -0.585. The Morgan fingerprint density at radius 3 is 2.55 bits per heavy atom. The first-order valence-electron chi connectivity index (χ1n) is 9.10. The summed E-state index contributed by atoms with van der Waals surface area (Å²) >= 11 is 0. The zero-order chi connectivity index (χ0) is 15.7. The molecule has 3 unspecified atom stereocenters. The molecular formula is C19H30O3. The summed E-state index contributed by atoms with van der Waals surface area (Å²) in [5.41, 5.74) is 1.54. The number of fused-ring (bicyclic) bond motifs is 5. The van der Waals surface area contributed by atoms with Gasteiger partial charge in [0.2, 0.25) is 0 Å². The van der Waals surface area contributed by atoms with Crippen LogP contribution >= 0.6 is 0 Å². The lowest BCUT2D eigenvalue weighted by atomic mass is 9.47. The van der Waals surface area contributed by atoms with E-state index < -0.39 is 12.2 Å². The quantitative estimate of drug-likeness (QED) is 0.603. The van der Waals surface area contributed by atoms with Crippen molar-refractivity contribution >= 4 is 0 Å². The van der Waals surface area contributed by atoms with Gasteiger partial charge in [0.05, 0.1) is 18.3 Å². The van der Waals surface area contributed by atoms with Gasteiger partial charge in [-0.15, -0.1) is 0 Å². The molecule has 3 heteroatoms. The van der Waals surface area contributed by atoms with Crippen molar-refractivity contribution in [3.05, 3.63) is 11.6 Å². The van der Waals surface area contributed by atoms with Crippen molar-refractivity contribution in [3.8, 4) is 0 Å². The third kappa shape index (κ3) is 1.85. The molecule has 22 heavy (non-hydrogen) atoms. The lowest BCUT2D eigenvalue weighted by Gasteiger charge is -2.58. The van der Waals surface area contributed by atoms with Crippen molar-refractivity contribution in [1.29, 1.82) is 0 Å². The minimum absolute atomic E-state index is 0.0520. The Balaban J connectivity index is 1.68. The van der Waals surface area contributed by atoms with E-state index in [1.54, 1.807) is 0 Å². The molecule has 0 bridgehead atoms. The highest BCUT2D eigenvalue weighted by Gasteiger charge is 2.59. The van der Waals surface area contributed by atoms with Crippen molar-refractivity contribution < 1.29 is 15.3 Å². The second kappa shape index (κ2) is 4.81. The van der Waals surface area contributed by atoms with Crippen LogP contribution in [-0.4, -0.2) is 33.6 Å². The van der Waals surface area contributed by atoms with Gasteiger partial charge in [-0.05, 0) is 73.5 Å². The number of hydrogen-bond donors (Lipinski definition) is 3. The van der Waals surface area contributed by atoms with Crippen LogP contribution in [-0.2, 0) is 0 Å². The van der Waals surface area contributed by atoms with Crippen molar-refractivity contribution in [2.75, 3.05) is 0 Å². The van der Waals surface area contributed by atoms with Gasteiger partial charge in [-0.1, -0.05) is 25.5 Å². The Bertz CT molecular complexity index is 501. The van der Waals surface area contributed by atoms with Crippen LogP contribution in [0.4, 0.5) is 0 Å². The minimum Gasteiger partial charge on any atom is -0.393 e. The van der Waals surface area contributed by atoms with E-state index in [-0.39, 0.29) is 16.9 Å². The van der Waals surface area contributed by atoms with Gasteiger partial charge in [0.1, 0.15) is 0 Å². The molecule has 0 spiro atoms. The summed E-state index contributed by atoms with van der Waals surface area (Å²) in [5.74, 6) is 1.88. The molecule has 0 aromatic carbocycles. The molecule has 0 radical (unpaired) electrons. The van der Waals surface area contributed by atoms with Gasteiger partial charge < -0.3 is 15.3 Å². The van der Waals surface area contributed by atoms with Crippen molar-refractivity contribution in [1.82, 2.24) is 0 Å². The SMILES string of the molecule is C[C@]12C[C@@H](O)[C@H](O)CC1=CCC1C2CC[C@@]2(C)C1CC[C@@H]2O. The summed E-state index contributed by atoms with van der Waals surface area (Å²) in [6, 6.07) is 0. The predicted octanol–water partition coefficient (Wildman–Crippen LogP) is 2.64. The second-order valence-corrected chi connectivity index (χ2v) is 8.94. The third-order valence-electron chi connectivity index (χ3n) is 8.08. The fraction of sp³-hybridized carbons (Fsp3) is 0.895. The molecule has 3 N–H and O–H groups in total. The molecule has 0 aromatic heterocycles. The molecule has 124 valence electrons. The van der Waals surface area contributed by atoms with Gasteiger partial charge in [0.25, 0.3) is 0 Å². The van der Waals surface area contributed by atoms with E-state index >= 15 is 0 Å². The predicted molar refractivity (Wildman–Crippen MR) is 85.1 cm³/mol. The van der Waals surface area contributed by atoms with Crippen LogP contribution in [0.5, 0.6) is 0 Å². The van der Waals surface area contributed by atoms with Crippen LogP contribution < -0.4 is 0 Å². The molecule has 8 atom stereocenters. The molecule has 0 aliphatic heterocycles. The highest BCUT2D eigenvalue weighted by Crippen LogP contribution is 2.64. The highest BCUT2D eigenvalue weighted by molar-refractivity contribution is 5.26. The Kier molecular flexibility index (Phi) is 3.32. The molecular weight excluding hydrogens is 276 g/mol. The van der Waals surface area contributed by atoms with E-state index in [4.69, 9.17) is 0 Å². The Morgan fingerprint density at radius 2 is 1.77 bits per heavy atom. The molecule has 3 saturated carbocycles. The van der Waals surface area contributed by atoms with Crippen LogP contribution in [0.2, 0.25) is 0 Å². The maximum absolute atomic E-state index is 10.5. The molecule has 0 saturated heterocycles. The zero-order valence-electron chi connectivity index (χ0n) is 13.8. The maximum Gasteiger partial charge on any atom is 0.0836 e. The van der Waals surface area contributed by atoms with Crippen LogP contribution in [0, 0.1) is 28.6 Å². The van der Waals surface area contributed by atoms with E-state index in [2.05, 4.69) is 19.9 Å². The first kappa shape index (κ1) is 15.2. The van der Waals surface area contributed by atoms with E-state index in [1.165, 1.54) is 5.57 Å². The van der Waals surface area contributed by atoms with Gasteiger partial charge in [-0.2, -0.15) is 0 Å². The average molecular weight is 306 g/mol. The van der Waals surface area contributed by atoms with E-state index in [0.717, 1.165) is 32.1 Å². The van der Waals surface area contributed by atoms with Crippen molar-refractivity contribution in [3.63, 3.8) is 0 Å². The average Bonchev–Trinajstić information content (AvgIpc) is 2.77. The van der Waals surface area contributed by atoms with Crippen LogP contribution in [0.3, 0.4) is 0 Å². The number of aliphatic hydroxyl groups excluding tert-OH is 3. The largest absolute Gasteiger partial charge is 0.393 e. The molecule has 3 fully saturated rings. The molecule has 4 aliphatic rings. The van der Waals surface area contributed by atoms with Crippen LogP contribution in [0.1, 0.15) is 58.8 Å². The van der Waals surface area contributed by atoms with Crippen LogP contribution in [0.25, 0.3) is 0 Å². The summed E-state index contributed by atoms with van der Waals surface area (Å²) in [6.45, 7) is 4.62. The number of rotatable bonds is 0. The molecule has 0 heterocycles. The highest BCUT2D eigenvalue weighted by atomic mass is 16.3. The summed E-state index contributed by atoms with van der Waals surface area (Å²) in [6.07, 6.45) is 7.91. The second-order valence-electron chi connectivity index (χ2n) is 8.94. The van der Waals surface area contributed by atoms with E-state index in [1.807, 2.05) is 0 Å². The summed E-state index contributed by atoms with van der Waals surface area (Å²) < 4.78 is 0. The van der Waals surface area contributed by atoms with Crippen LogP contribution in [0.15, 0.2) is 11.6 Å². The Hall–Kier alpha value is -0.380. The smallest absolute Gasteiger partial charge is 0.0836 e. The molecule has 4 aliphatic carbocycles. The zero-order valence-corrected chi connectivity index (χ0v) is 13.8. The van der Waals surface area contributed by atoms with Crippen molar-refractivity contribution in [2.24, 2.45) is 28.6 Å². The van der Waals surface area contributed by atoms with Crippen molar-refractivity contribution in [2.45, 2.75) is 77.1 Å². The fourth-order valence-electron chi connectivity index (χ4n) is 6.66. The molecule has 3 nitrogen and oxygen atoms in total. The summed E-state index contributed by atoms with van der Waals surface area (Å²) in [7, 11) is 0. The first-order chi connectivity index (χ1) is 10.4. The van der Waals surface area contributed by atoms with E-state index in [0.29, 0.717) is 30.6 Å². The van der Waals surface area contributed by atoms with Gasteiger partial charge in [0, 0.05) is 0 Å². The van der Waals surface area contributed by atoms with Gasteiger partial charge in [-0.25, -0.2) is 0 Å². The topological polar surface area (TPSA) is 60.7 Å². The van der Waals surface area contributed by atoms with Gasteiger partial charge in [0.15, 0.2) is 0 Å². The third-order valence-corrected chi connectivity index (χ3v) is 8.08. The number of hydrogen-bond acceptors (Lipinski definition) is 3.